The van der Waals surface area contributed by atoms with E-state index in [2.05, 4.69) is 43.1 Å². The fraction of sp³-hybridized carbons (Fsp3) is 0.400. The zero-order valence-electron chi connectivity index (χ0n) is 10.9. The van der Waals surface area contributed by atoms with Gasteiger partial charge in [-0.15, -0.1) is 6.58 Å². The molecular weight excluding hydrogens is 226 g/mol. The average Bonchev–Trinajstić information content (AvgIpc) is 2.36. The number of aryl methyl sites for hydroxylation is 1. The number of benzene rings is 1. The molecule has 1 aromatic carbocycles. The molecule has 0 saturated heterocycles. The summed E-state index contributed by atoms with van der Waals surface area (Å²) in [5, 5.41) is 12.1. The van der Waals surface area contributed by atoms with E-state index in [1.54, 1.807) is 6.08 Å². The Morgan fingerprint density at radius 2 is 2.00 bits per heavy atom. The van der Waals surface area contributed by atoms with Gasteiger partial charge in [0.25, 0.3) is 0 Å². The predicted molar refractivity (Wildman–Crippen MR) is 73.8 cm³/mol. The van der Waals surface area contributed by atoms with Crippen LogP contribution in [0.15, 0.2) is 36.9 Å². The minimum Gasteiger partial charge on any atom is -0.481 e. The van der Waals surface area contributed by atoms with E-state index in [9.17, 15) is 4.79 Å². The van der Waals surface area contributed by atoms with E-state index in [0.29, 0.717) is 6.54 Å². The standard InChI is InChI=1S/C15H21NO2/c1-3-9-16-14(11-15(17)18)10-13-7-5-12(4-2)6-8-13/h3,5-8,14,16H,1,4,9-11H2,2H3,(H,17,18). The first kappa shape index (κ1) is 14.5. The second kappa shape index (κ2) is 7.67. The Morgan fingerprint density at radius 1 is 1.39 bits per heavy atom. The monoisotopic (exact) mass is 247 g/mol. The van der Waals surface area contributed by atoms with Gasteiger partial charge in [-0.2, -0.15) is 0 Å². The van der Waals surface area contributed by atoms with Gasteiger partial charge in [0.15, 0.2) is 0 Å². The summed E-state index contributed by atoms with van der Waals surface area (Å²) in [5.41, 5.74) is 2.46. The Kier molecular flexibility index (Phi) is 6.15. The SMILES string of the molecule is C=CCNC(CC(=O)O)Cc1ccc(CC)cc1. The van der Waals surface area contributed by atoms with Gasteiger partial charge >= 0.3 is 5.97 Å². The molecule has 98 valence electrons. The van der Waals surface area contributed by atoms with Gasteiger partial charge in [0.05, 0.1) is 6.42 Å². The Bertz CT molecular complexity index is 384. The lowest BCUT2D eigenvalue weighted by Gasteiger charge is -2.16. The van der Waals surface area contributed by atoms with Crippen molar-refractivity contribution in [3.8, 4) is 0 Å². The highest BCUT2D eigenvalue weighted by molar-refractivity contribution is 5.67. The lowest BCUT2D eigenvalue weighted by atomic mass is 10.0. The van der Waals surface area contributed by atoms with Crippen molar-refractivity contribution in [2.75, 3.05) is 6.54 Å². The summed E-state index contributed by atoms with van der Waals surface area (Å²) in [5.74, 6) is -0.776. The molecule has 1 unspecified atom stereocenters. The molecule has 0 bridgehead atoms. The van der Waals surface area contributed by atoms with Gasteiger partial charge in [-0.1, -0.05) is 37.3 Å². The minimum atomic E-state index is -0.776. The van der Waals surface area contributed by atoms with Crippen LogP contribution < -0.4 is 5.32 Å². The van der Waals surface area contributed by atoms with Crippen LogP contribution >= 0.6 is 0 Å². The molecule has 0 amide bonds. The number of carbonyl (C=O) groups is 1. The summed E-state index contributed by atoms with van der Waals surface area (Å²) in [6.07, 6.45) is 3.62. The van der Waals surface area contributed by atoms with Gasteiger partial charge in [-0.25, -0.2) is 0 Å². The fourth-order valence-electron chi connectivity index (χ4n) is 1.87. The fourth-order valence-corrected chi connectivity index (χ4v) is 1.87. The largest absolute Gasteiger partial charge is 0.481 e. The summed E-state index contributed by atoms with van der Waals surface area (Å²) in [4.78, 5) is 10.8. The Morgan fingerprint density at radius 3 is 2.50 bits per heavy atom. The van der Waals surface area contributed by atoms with Gasteiger partial charge in [-0.3, -0.25) is 4.79 Å². The van der Waals surface area contributed by atoms with Crippen molar-refractivity contribution in [3.05, 3.63) is 48.0 Å². The van der Waals surface area contributed by atoms with E-state index >= 15 is 0 Å². The van der Waals surface area contributed by atoms with Crippen molar-refractivity contribution >= 4 is 5.97 Å². The van der Waals surface area contributed by atoms with E-state index < -0.39 is 5.97 Å². The van der Waals surface area contributed by atoms with Crippen molar-refractivity contribution in [2.45, 2.75) is 32.2 Å². The summed E-state index contributed by atoms with van der Waals surface area (Å²) in [6, 6.07) is 8.29. The van der Waals surface area contributed by atoms with Crippen LogP contribution in [0, 0.1) is 0 Å². The van der Waals surface area contributed by atoms with Crippen LogP contribution in [0.25, 0.3) is 0 Å². The van der Waals surface area contributed by atoms with Crippen LogP contribution in [0.2, 0.25) is 0 Å². The maximum Gasteiger partial charge on any atom is 0.304 e. The highest BCUT2D eigenvalue weighted by atomic mass is 16.4. The van der Waals surface area contributed by atoms with Crippen LogP contribution in [0.5, 0.6) is 0 Å². The van der Waals surface area contributed by atoms with Gasteiger partial charge in [0.2, 0.25) is 0 Å². The third-order valence-electron chi connectivity index (χ3n) is 2.89. The summed E-state index contributed by atoms with van der Waals surface area (Å²) >= 11 is 0. The minimum absolute atomic E-state index is 0.0482. The molecule has 0 aromatic heterocycles. The first-order chi connectivity index (χ1) is 8.65. The summed E-state index contributed by atoms with van der Waals surface area (Å²) in [6.45, 7) is 6.38. The predicted octanol–water partition coefficient (Wildman–Crippen LogP) is 2.41. The zero-order chi connectivity index (χ0) is 13.4. The molecule has 3 nitrogen and oxygen atoms in total. The van der Waals surface area contributed by atoms with Crippen molar-refractivity contribution in [1.29, 1.82) is 0 Å². The highest BCUT2D eigenvalue weighted by Crippen LogP contribution is 2.09. The van der Waals surface area contributed by atoms with Gasteiger partial charge in [-0.05, 0) is 24.0 Å². The van der Waals surface area contributed by atoms with Crippen molar-refractivity contribution < 1.29 is 9.90 Å². The van der Waals surface area contributed by atoms with E-state index in [0.717, 1.165) is 18.4 Å². The van der Waals surface area contributed by atoms with Crippen LogP contribution in [0.4, 0.5) is 0 Å². The third kappa shape index (κ3) is 5.15. The first-order valence-electron chi connectivity index (χ1n) is 6.29. The van der Waals surface area contributed by atoms with E-state index in [-0.39, 0.29) is 12.5 Å². The Hall–Kier alpha value is -1.61. The molecule has 1 aromatic rings. The molecule has 3 heteroatoms. The van der Waals surface area contributed by atoms with E-state index in [4.69, 9.17) is 5.11 Å². The molecule has 2 N–H and O–H groups in total. The Labute approximate surface area is 109 Å². The summed E-state index contributed by atoms with van der Waals surface area (Å²) < 4.78 is 0. The van der Waals surface area contributed by atoms with Gasteiger partial charge in [0, 0.05) is 12.6 Å². The number of rotatable bonds is 8. The number of carboxylic acid groups (broad SMARTS) is 1. The summed E-state index contributed by atoms with van der Waals surface area (Å²) in [7, 11) is 0. The van der Waals surface area contributed by atoms with Crippen molar-refractivity contribution in [1.82, 2.24) is 5.32 Å². The molecule has 0 spiro atoms. The average molecular weight is 247 g/mol. The van der Waals surface area contributed by atoms with Crippen LogP contribution in [-0.2, 0) is 17.6 Å². The lowest BCUT2D eigenvalue weighted by molar-refractivity contribution is -0.137. The molecule has 0 heterocycles. The molecule has 0 aliphatic heterocycles. The third-order valence-corrected chi connectivity index (χ3v) is 2.89. The molecule has 0 radical (unpaired) electrons. The number of nitrogens with one attached hydrogen (secondary N) is 1. The second-order valence-electron chi connectivity index (χ2n) is 4.37. The molecule has 0 aliphatic carbocycles. The van der Waals surface area contributed by atoms with Crippen LogP contribution in [0.1, 0.15) is 24.5 Å². The normalized spacial score (nSPS) is 12.1. The molecule has 0 saturated carbocycles. The van der Waals surface area contributed by atoms with Gasteiger partial charge in [0.1, 0.15) is 0 Å². The quantitative estimate of drug-likeness (QED) is 0.694. The molecule has 1 atom stereocenters. The molecule has 0 aliphatic rings. The topological polar surface area (TPSA) is 49.3 Å². The number of aliphatic carboxylic acids is 1. The maximum atomic E-state index is 10.8. The highest BCUT2D eigenvalue weighted by Gasteiger charge is 2.12. The van der Waals surface area contributed by atoms with Crippen molar-refractivity contribution in [2.24, 2.45) is 0 Å². The van der Waals surface area contributed by atoms with E-state index in [1.807, 2.05) is 0 Å². The second-order valence-corrected chi connectivity index (χ2v) is 4.37. The number of hydrogen-bond donors (Lipinski definition) is 2. The molecule has 1 rings (SSSR count). The van der Waals surface area contributed by atoms with Crippen molar-refractivity contribution in [3.63, 3.8) is 0 Å². The first-order valence-corrected chi connectivity index (χ1v) is 6.29. The smallest absolute Gasteiger partial charge is 0.304 e. The zero-order valence-corrected chi connectivity index (χ0v) is 10.9. The lowest BCUT2D eigenvalue weighted by Crippen LogP contribution is -2.33. The number of hydrogen-bond acceptors (Lipinski definition) is 2. The van der Waals surface area contributed by atoms with Crippen LogP contribution in [-0.4, -0.2) is 23.7 Å². The Balaban J connectivity index is 2.62. The van der Waals surface area contributed by atoms with E-state index in [1.165, 1.54) is 5.56 Å². The van der Waals surface area contributed by atoms with Gasteiger partial charge < -0.3 is 10.4 Å². The maximum absolute atomic E-state index is 10.8. The molecule has 0 fully saturated rings. The molecule has 18 heavy (non-hydrogen) atoms. The molecular formula is C15H21NO2. The number of carboxylic acids is 1. The van der Waals surface area contributed by atoms with Crippen LogP contribution in [0.3, 0.4) is 0 Å².